The van der Waals surface area contributed by atoms with Gasteiger partial charge in [-0.15, -0.1) is 0 Å². The minimum Gasteiger partial charge on any atom is -0.399 e. The fourth-order valence-corrected chi connectivity index (χ4v) is 1.82. The van der Waals surface area contributed by atoms with Gasteiger partial charge in [-0.2, -0.15) is 12.7 Å². The van der Waals surface area contributed by atoms with E-state index in [1.165, 1.54) is 18.4 Å². The van der Waals surface area contributed by atoms with Crippen LogP contribution < -0.4 is 10.5 Å². The summed E-state index contributed by atoms with van der Waals surface area (Å²) in [5.41, 5.74) is 7.08. The predicted octanol–water partition coefficient (Wildman–Crippen LogP) is 0.165. The van der Waals surface area contributed by atoms with Crippen LogP contribution in [0, 0.1) is 0 Å². The van der Waals surface area contributed by atoms with Crippen molar-refractivity contribution in [2.45, 2.75) is 6.54 Å². The van der Waals surface area contributed by atoms with Gasteiger partial charge in [0, 0.05) is 26.3 Å². The van der Waals surface area contributed by atoms with Crippen LogP contribution in [0.3, 0.4) is 0 Å². The lowest BCUT2D eigenvalue weighted by Crippen LogP contribution is -2.35. The Morgan fingerprint density at radius 2 is 2.13 bits per heavy atom. The Labute approximate surface area is 90.1 Å². The van der Waals surface area contributed by atoms with Crippen molar-refractivity contribution in [3.05, 3.63) is 29.8 Å². The Morgan fingerprint density at radius 1 is 1.47 bits per heavy atom. The van der Waals surface area contributed by atoms with Gasteiger partial charge in [0.2, 0.25) is 0 Å². The van der Waals surface area contributed by atoms with E-state index in [0.29, 0.717) is 12.2 Å². The number of anilines is 1. The molecule has 1 aromatic rings. The third kappa shape index (κ3) is 3.19. The van der Waals surface area contributed by atoms with E-state index in [0.717, 1.165) is 5.56 Å². The molecule has 6 heteroatoms. The summed E-state index contributed by atoms with van der Waals surface area (Å²) >= 11 is 0. The highest BCUT2D eigenvalue weighted by atomic mass is 32.2. The second kappa shape index (κ2) is 4.61. The molecule has 0 heterocycles. The van der Waals surface area contributed by atoms with E-state index in [1.54, 1.807) is 18.2 Å². The molecule has 0 amide bonds. The Bertz CT molecular complexity index is 431. The zero-order valence-corrected chi connectivity index (χ0v) is 9.58. The highest BCUT2D eigenvalue weighted by Crippen LogP contribution is 2.09. The molecule has 0 saturated carbocycles. The minimum atomic E-state index is -3.37. The van der Waals surface area contributed by atoms with Crippen LogP contribution >= 0.6 is 0 Å². The predicted molar refractivity (Wildman–Crippen MR) is 60.3 cm³/mol. The summed E-state index contributed by atoms with van der Waals surface area (Å²) in [4.78, 5) is 0. The molecule has 15 heavy (non-hydrogen) atoms. The highest BCUT2D eigenvalue weighted by Gasteiger charge is 2.14. The topological polar surface area (TPSA) is 75.4 Å². The lowest BCUT2D eigenvalue weighted by Gasteiger charge is -2.16. The normalized spacial score (nSPS) is 11.9. The quantitative estimate of drug-likeness (QED) is 0.722. The highest BCUT2D eigenvalue weighted by molar-refractivity contribution is 7.87. The standard InChI is InChI=1S/C9H15N3O2S/c1-11-15(13,14)12(2)7-8-4-3-5-9(10)6-8/h3-6,11H,7,10H2,1-2H3. The Kier molecular flexibility index (Phi) is 3.67. The first-order valence-electron chi connectivity index (χ1n) is 4.45. The Morgan fingerprint density at radius 3 is 2.67 bits per heavy atom. The van der Waals surface area contributed by atoms with E-state index in [-0.39, 0.29) is 0 Å². The van der Waals surface area contributed by atoms with Crippen LogP contribution in [0.1, 0.15) is 5.56 Å². The number of rotatable bonds is 4. The van der Waals surface area contributed by atoms with Crippen LogP contribution in [0.25, 0.3) is 0 Å². The molecule has 84 valence electrons. The molecule has 5 nitrogen and oxygen atoms in total. The van der Waals surface area contributed by atoms with Crippen molar-refractivity contribution < 1.29 is 8.42 Å². The van der Waals surface area contributed by atoms with Gasteiger partial charge in [0.05, 0.1) is 0 Å². The van der Waals surface area contributed by atoms with Crippen molar-refractivity contribution >= 4 is 15.9 Å². The molecule has 0 unspecified atom stereocenters. The van der Waals surface area contributed by atoms with Crippen molar-refractivity contribution in [3.63, 3.8) is 0 Å². The van der Waals surface area contributed by atoms with Crippen LogP contribution in [0.2, 0.25) is 0 Å². The summed E-state index contributed by atoms with van der Waals surface area (Å²) in [5.74, 6) is 0. The lowest BCUT2D eigenvalue weighted by molar-refractivity contribution is 0.459. The van der Waals surface area contributed by atoms with Crippen LogP contribution in [-0.4, -0.2) is 26.8 Å². The largest absolute Gasteiger partial charge is 0.399 e. The molecule has 0 aromatic heterocycles. The van der Waals surface area contributed by atoms with Gasteiger partial charge in [0.25, 0.3) is 10.2 Å². The number of hydrogen-bond donors (Lipinski definition) is 2. The van der Waals surface area contributed by atoms with Crippen LogP contribution in [0.15, 0.2) is 24.3 Å². The van der Waals surface area contributed by atoms with Crippen LogP contribution in [-0.2, 0) is 16.8 Å². The van der Waals surface area contributed by atoms with E-state index < -0.39 is 10.2 Å². The van der Waals surface area contributed by atoms with Gasteiger partial charge in [-0.25, -0.2) is 4.72 Å². The molecular formula is C9H15N3O2S. The minimum absolute atomic E-state index is 0.300. The first kappa shape index (κ1) is 12.0. The van der Waals surface area contributed by atoms with E-state index >= 15 is 0 Å². The summed E-state index contributed by atoms with van der Waals surface area (Å²) < 4.78 is 26.2. The first-order valence-corrected chi connectivity index (χ1v) is 5.89. The van der Waals surface area contributed by atoms with Gasteiger partial charge < -0.3 is 5.73 Å². The zero-order valence-electron chi connectivity index (χ0n) is 8.77. The van der Waals surface area contributed by atoms with Crippen molar-refractivity contribution in [2.24, 2.45) is 0 Å². The summed E-state index contributed by atoms with van der Waals surface area (Å²) in [5, 5.41) is 0. The summed E-state index contributed by atoms with van der Waals surface area (Å²) in [6, 6.07) is 7.14. The lowest BCUT2D eigenvalue weighted by atomic mass is 10.2. The molecule has 0 aliphatic rings. The van der Waals surface area contributed by atoms with E-state index in [9.17, 15) is 8.42 Å². The van der Waals surface area contributed by atoms with Crippen molar-refractivity contribution in [1.82, 2.24) is 9.03 Å². The van der Waals surface area contributed by atoms with Gasteiger partial charge >= 0.3 is 0 Å². The second-order valence-electron chi connectivity index (χ2n) is 3.21. The number of hydrogen-bond acceptors (Lipinski definition) is 3. The molecule has 3 N–H and O–H groups in total. The molecule has 0 radical (unpaired) electrons. The van der Waals surface area contributed by atoms with Gasteiger partial charge in [0.1, 0.15) is 0 Å². The number of nitrogen functional groups attached to an aromatic ring is 1. The molecule has 0 bridgehead atoms. The molecule has 0 fully saturated rings. The van der Waals surface area contributed by atoms with Crippen molar-refractivity contribution in [1.29, 1.82) is 0 Å². The van der Waals surface area contributed by atoms with Crippen LogP contribution in [0.5, 0.6) is 0 Å². The number of nitrogens with zero attached hydrogens (tertiary/aromatic N) is 1. The molecule has 1 rings (SSSR count). The van der Waals surface area contributed by atoms with E-state index in [2.05, 4.69) is 4.72 Å². The molecule has 0 spiro atoms. The van der Waals surface area contributed by atoms with E-state index in [4.69, 9.17) is 5.73 Å². The molecule has 0 aliphatic heterocycles. The molecular weight excluding hydrogens is 214 g/mol. The number of nitrogens with one attached hydrogen (secondary N) is 1. The van der Waals surface area contributed by atoms with Gasteiger partial charge in [0.15, 0.2) is 0 Å². The maximum absolute atomic E-state index is 11.4. The maximum atomic E-state index is 11.4. The monoisotopic (exact) mass is 229 g/mol. The van der Waals surface area contributed by atoms with Gasteiger partial charge in [-0.3, -0.25) is 0 Å². The zero-order chi connectivity index (χ0) is 11.5. The molecule has 0 aliphatic carbocycles. The molecule has 0 saturated heterocycles. The third-order valence-corrected chi connectivity index (χ3v) is 3.49. The SMILES string of the molecule is CNS(=O)(=O)N(C)Cc1cccc(N)c1. The van der Waals surface area contributed by atoms with Crippen LogP contribution in [0.4, 0.5) is 5.69 Å². The summed E-state index contributed by atoms with van der Waals surface area (Å²) in [6.45, 7) is 0.300. The Hall–Kier alpha value is -1.11. The summed E-state index contributed by atoms with van der Waals surface area (Å²) in [6.07, 6.45) is 0. The maximum Gasteiger partial charge on any atom is 0.279 e. The fourth-order valence-electron chi connectivity index (χ4n) is 1.19. The first-order chi connectivity index (χ1) is 6.95. The summed E-state index contributed by atoms with van der Waals surface area (Å²) in [7, 11) is -0.478. The third-order valence-electron chi connectivity index (χ3n) is 2.02. The second-order valence-corrected chi connectivity index (χ2v) is 5.19. The smallest absolute Gasteiger partial charge is 0.279 e. The van der Waals surface area contributed by atoms with Gasteiger partial charge in [-0.05, 0) is 17.7 Å². The fraction of sp³-hybridized carbons (Fsp3) is 0.333. The molecule has 1 aromatic carbocycles. The van der Waals surface area contributed by atoms with Crippen molar-refractivity contribution in [3.8, 4) is 0 Å². The average Bonchev–Trinajstić information content (AvgIpc) is 2.17. The van der Waals surface area contributed by atoms with Crippen molar-refractivity contribution in [2.75, 3.05) is 19.8 Å². The average molecular weight is 229 g/mol. The Balaban J connectivity index is 2.79. The number of nitrogens with two attached hydrogens (primary N) is 1. The number of benzene rings is 1. The van der Waals surface area contributed by atoms with Gasteiger partial charge in [-0.1, -0.05) is 12.1 Å². The molecule has 0 atom stereocenters. The van der Waals surface area contributed by atoms with E-state index in [1.807, 2.05) is 6.07 Å².